The van der Waals surface area contributed by atoms with E-state index in [9.17, 15) is 0 Å². The van der Waals surface area contributed by atoms with Gasteiger partial charge in [0.15, 0.2) is 0 Å². The molecule has 0 spiro atoms. The molecule has 0 aromatic heterocycles. The summed E-state index contributed by atoms with van der Waals surface area (Å²) >= 11 is 1.46. The zero-order valence-electron chi connectivity index (χ0n) is 37.5. The number of halogens is 2. The Kier molecular flexibility index (Phi) is 15.5. The fourth-order valence-corrected chi connectivity index (χ4v) is 11.3. The standard InChI is InChI=1S/C29H37.C13H10.C13H21.2ClH.Zr/c1-18-25-22-17-19-13-9-10-14-20(19)24(22)21-15-11-12-16-23(21)29(25,8)28(6,7)27(4,5)26(18,2)3;1-3-7-12(8-4-1)11-13-9-5-2-6-10-13;1-5-6-7-11-8-9-12(10-11)13(2,3)4;;;/h9-11,13-15,23H,12,16-17H2,1-8H3;1-10H;9-11H,5-7H2,1-4H3;2*1H;/q-1;;-1;;;+2/p-2. The van der Waals surface area contributed by atoms with Crippen molar-refractivity contribution >= 4 is 8.78 Å². The summed E-state index contributed by atoms with van der Waals surface area (Å²) in [5, 5.41) is 0. The van der Waals surface area contributed by atoms with Crippen molar-refractivity contribution in [1.82, 2.24) is 0 Å². The van der Waals surface area contributed by atoms with E-state index >= 15 is 0 Å². The molecule has 3 atom stereocenters. The number of hydrogen-bond donors (Lipinski definition) is 0. The van der Waals surface area contributed by atoms with Gasteiger partial charge in [-0.3, -0.25) is 6.08 Å². The van der Waals surface area contributed by atoms with Crippen LogP contribution in [0.2, 0.25) is 0 Å². The molecule has 3 unspecified atom stereocenters. The quantitative estimate of drug-likeness (QED) is 0.225. The fourth-order valence-electron chi connectivity index (χ4n) is 10.5. The van der Waals surface area contributed by atoms with Crippen molar-refractivity contribution in [3.63, 3.8) is 0 Å². The maximum absolute atomic E-state index is 3.43. The van der Waals surface area contributed by atoms with Gasteiger partial charge in [-0.1, -0.05) is 172 Å². The SMILES string of the molecule is CCCCC1[C-]=CC(C(C)(C)C)=C1.C[C-]1C2=C3Cc4ccccc4C3=C3C=CCCC3C2(C)C(C)(C)C(C)(C)C1(C)C.[Cl-].[Cl-].[Zr+2]=[C](c1ccccc1)c1ccccc1. The van der Waals surface area contributed by atoms with E-state index < -0.39 is 0 Å². The molecule has 0 aliphatic heterocycles. The van der Waals surface area contributed by atoms with E-state index in [4.69, 9.17) is 0 Å². The molecule has 0 saturated heterocycles. The molecule has 8 rings (SSSR count). The van der Waals surface area contributed by atoms with Crippen LogP contribution in [0.15, 0.2) is 132 Å². The molecule has 0 radical (unpaired) electrons. The summed E-state index contributed by atoms with van der Waals surface area (Å²) in [6.45, 7) is 29.3. The predicted molar refractivity (Wildman–Crippen MR) is 239 cm³/mol. The topological polar surface area (TPSA) is 0 Å². The number of rotatable bonds is 5. The van der Waals surface area contributed by atoms with Gasteiger partial charge >= 0.3 is 99.2 Å². The Morgan fingerprint density at radius 3 is 1.93 bits per heavy atom. The Morgan fingerprint density at radius 2 is 1.38 bits per heavy atom. The van der Waals surface area contributed by atoms with Crippen LogP contribution in [-0.4, -0.2) is 3.21 Å². The number of hydrogen-bond acceptors (Lipinski definition) is 0. The van der Waals surface area contributed by atoms with Crippen LogP contribution < -0.4 is 24.8 Å². The second-order valence-electron chi connectivity index (χ2n) is 19.8. The van der Waals surface area contributed by atoms with Crippen molar-refractivity contribution in [2.24, 2.45) is 38.9 Å². The van der Waals surface area contributed by atoms with Crippen molar-refractivity contribution in [2.45, 2.75) is 122 Å². The first-order valence-electron chi connectivity index (χ1n) is 21.5. The van der Waals surface area contributed by atoms with Crippen molar-refractivity contribution in [1.29, 1.82) is 0 Å². The van der Waals surface area contributed by atoms with Crippen molar-refractivity contribution in [3.8, 4) is 0 Å². The second-order valence-corrected chi connectivity index (χ2v) is 21.0. The van der Waals surface area contributed by atoms with E-state index in [0.717, 1.165) is 6.42 Å². The van der Waals surface area contributed by atoms with E-state index in [-0.39, 0.29) is 46.5 Å². The van der Waals surface area contributed by atoms with E-state index in [2.05, 4.69) is 198 Å². The molecular formula is C55H68Cl2Zr-2. The molecule has 0 heterocycles. The van der Waals surface area contributed by atoms with Gasteiger partial charge < -0.3 is 24.8 Å². The van der Waals surface area contributed by atoms with Gasteiger partial charge in [-0.2, -0.15) is 22.8 Å². The molecule has 0 bridgehead atoms. The van der Waals surface area contributed by atoms with Gasteiger partial charge in [0.25, 0.3) is 0 Å². The monoisotopic (exact) mass is 888 g/mol. The van der Waals surface area contributed by atoms with Gasteiger partial charge in [-0.25, -0.2) is 12.0 Å². The molecule has 308 valence electrons. The molecule has 58 heavy (non-hydrogen) atoms. The fraction of sp³-hybridized carbons (Fsp3) is 0.455. The van der Waals surface area contributed by atoms with Gasteiger partial charge in [0.05, 0.1) is 0 Å². The normalized spacial score (nSPS) is 24.0. The Morgan fingerprint density at radius 1 is 0.810 bits per heavy atom. The van der Waals surface area contributed by atoms with E-state index in [1.807, 2.05) is 0 Å². The van der Waals surface area contributed by atoms with E-state index in [1.54, 1.807) is 28.2 Å². The van der Waals surface area contributed by atoms with Crippen LogP contribution in [0.5, 0.6) is 0 Å². The average Bonchev–Trinajstić information content (AvgIpc) is 3.83. The van der Waals surface area contributed by atoms with E-state index in [1.165, 1.54) is 87.4 Å². The summed E-state index contributed by atoms with van der Waals surface area (Å²) in [6, 6.07) is 30.3. The molecule has 3 heteroatoms. The summed E-state index contributed by atoms with van der Waals surface area (Å²) in [5.41, 5.74) is 14.7. The molecule has 0 amide bonds. The molecule has 1 fully saturated rings. The Labute approximate surface area is 381 Å². The molecule has 0 N–H and O–H groups in total. The number of unbranched alkanes of at least 4 members (excludes halogenated alkanes) is 1. The van der Waals surface area contributed by atoms with Gasteiger partial charge in [-0.05, 0) is 40.6 Å². The second kappa shape index (κ2) is 18.7. The van der Waals surface area contributed by atoms with Crippen LogP contribution in [0.3, 0.4) is 0 Å². The van der Waals surface area contributed by atoms with Crippen LogP contribution in [0, 0.1) is 50.9 Å². The number of benzene rings is 3. The van der Waals surface area contributed by atoms with Crippen LogP contribution in [0.4, 0.5) is 0 Å². The van der Waals surface area contributed by atoms with Gasteiger partial charge in [-0.15, -0.1) is 6.92 Å². The Hall–Kier alpha value is -2.44. The zero-order chi connectivity index (χ0) is 40.7. The zero-order valence-corrected chi connectivity index (χ0v) is 41.5. The van der Waals surface area contributed by atoms with Crippen LogP contribution in [0.25, 0.3) is 5.57 Å². The Balaban J connectivity index is 0.000000216. The third kappa shape index (κ3) is 8.55. The van der Waals surface area contributed by atoms with Crippen molar-refractivity contribution in [3.05, 3.63) is 166 Å². The minimum absolute atomic E-state index is 0. The first-order chi connectivity index (χ1) is 26.4. The molecule has 5 aliphatic carbocycles. The summed E-state index contributed by atoms with van der Waals surface area (Å²) in [6.07, 6.45) is 20.4. The van der Waals surface area contributed by atoms with Gasteiger partial charge in [0.2, 0.25) is 0 Å². The van der Waals surface area contributed by atoms with Crippen molar-refractivity contribution < 1.29 is 49.0 Å². The van der Waals surface area contributed by atoms with Crippen LogP contribution in [-0.2, 0) is 30.7 Å². The van der Waals surface area contributed by atoms with Gasteiger partial charge in [0, 0.05) is 0 Å². The summed E-state index contributed by atoms with van der Waals surface area (Å²) in [4.78, 5) is 0. The predicted octanol–water partition coefficient (Wildman–Crippen LogP) is 8.91. The third-order valence-corrected chi connectivity index (χ3v) is 16.9. The summed E-state index contributed by atoms with van der Waals surface area (Å²) < 4.78 is 1.42. The molecule has 0 nitrogen and oxygen atoms in total. The Bertz CT molecular complexity index is 2020. The number of allylic oxidation sites excluding steroid dienone is 10. The first-order valence-corrected chi connectivity index (χ1v) is 22.7. The molecule has 5 aliphatic rings. The third-order valence-electron chi connectivity index (χ3n) is 15.5. The average molecular weight is 891 g/mol. The summed E-state index contributed by atoms with van der Waals surface area (Å²) in [5.74, 6) is 2.83. The molecular weight excluding hydrogens is 823 g/mol. The van der Waals surface area contributed by atoms with Crippen molar-refractivity contribution in [2.75, 3.05) is 0 Å². The molecule has 1 saturated carbocycles. The minimum atomic E-state index is 0. The van der Waals surface area contributed by atoms with Gasteiger partial charge in [0.1, 0.15) is 0 Å². The maximum atomic E-state index is 3.43. The van der Waals surface area contributed by atoms with E-state index in [0.29, 0.717) is 17.3 Å². The molecule has 3 aromatic rings. The number of fused-ring (bicyclic) bond motifs is 6. The van der Waals surface area contributed by atoms with Crippen LogP contribution in [0.1, 0.15) is 137 Å². The first kappa shape index (κ1) is 48.2. The summed E-state index contributed by atoms with van der Waals surface area (Å²) in [7, 11) is 0. The van der Waals surface area contributed by atoms with Crippen LogP contribution >= 0.6 is 0 Å². The molecule has 3 aromatic carbocycles.